The molecule has 0 bridgehead atoms. The van der Waals surface area contributed by atoms with Crippen LogP contribution in [-0.2, 0) is 14.8 Å². The normalized spacial score (nSPS) is 15.3. The van der Waals surface area contributed by atoms with Crippen molar-refractivity contribution in [3.63, 3.8) is 0 Å². The molecule has 1 atom stereocenters. The van der Waals surface area contributed by atoms with Crippen LogP contribution in [0.4, 0.5) is 20.2 Å². The molecule has 0 radical (unpaired) electrons. The summed E-state index contributed by atoms with van der Waals surface area (Å²) < 4.78 is 62.8. The number of pyridine rings is 1. The van der Waals surface area contributed by atoms with Gasteiger partial charge >= 0.3 is 0 Å². The van der Waals surface area contributed by atoms with Gasteiger partial charge in [0.05, 0.1) is 36.1 Å². The van der Waals surface area contributed by atoms with Crippen molar-refractivity contribution < 1.29 is 21.9 Å². The van der Waals surface area contributed by atoms with E-state index in [9.17, 15) is 12.8 Å². The average molecular weight is 575 g/mol. The molecule has 9 nitrogen and oxygen atoms in total. The predicted molar refractivity (Wildman–Crippen MR) is 152 cm³/mol. The summed E-state index contributed by atoms with van der Waals surface area (Å²) in [5, 5.41) is 8.04. The van der Waals surface area contributed by atoms with Crippen molar-refractivity contribution in [3.8, 4) is 16.9 Å². The second-order valence-corrected chi connectivity index (χ2v) is 11.8. The van der Waals surface area contributed by atoms with Crippen LogP contribution in [0, 0.1) is 17.6 Å². The summed E-state index contributed by atoms with van der Waals surface area (Å²) in [7, 11) is -3.77. The molecule has 0 saturated carbocycles. The van der Waals surface area contributed by atoms with Gasteiger partial charge in [0.15, 0.2) is 11.6 Å². The van der Waals surface area contributed by atoms with Gasteiger partial charge in [-0.15, -0.1) is 5.10 Å². The van der Waals surface area contributed by atoms with Crippen LogP contribution in [-0.4, -0.2) is 60.5 Å². The Morgan fingerprint density at radius 3 is 2.77 bits per heavy atom. The third kappa shape index (κ3) is 7.22. The zero-order valence-electron chi connectivity index (χ0n) is 22.9. The maximum absolute atomic E-state index is 15.2. The average Bonchev–Trinajstić information content (AvgIpc) is 3.63. The maximum atomic E-state index is 15.2. The monoisotopic (exact) mass is 574 g/mol. The summed E-state index contributed by atoms with van der Waals surface area (Å²) >= 11 is 0. The highest BCUT2D eigenvalue weighted by Crippen LogP contribution is 2.28. The van der Waals surface area contributed by atoms with E-state index in [1.54, 1.807) is 19.3 Å². The fraction of sp³-hybridized carbons (Fsp3) is 0.464. The van der Waals surface area contributed by atoms with Crippen LogP contribution in [0.3, 0.4) is 0 Å². The van der Waals surface area contributed by atoms with Crippen LogP contribution in [0.15, 0.2) is 48.9 Å². The molecule has 3 heterocycles. The Hall–Kier alpha value is -3.38. The van der Waals surface area contributed by atoms with Gasteiger partial charge in [0.25, 0.3) is 0 Å². The second-order valence-electron chi connectivity index (χ2n) is 9.97. The highest BCUT2D eigenvalue weighted by Gasteiger charge is 2.21. The molecular weight excluding hydrogens is 538 g/mol. The number of rotatable bonds is 14. The molecule has 12 heteroatoms. The number of aromatic nitrogens is 4. The minimum absolute atomic E-state index is 0.185. The van der Waals surface area contributed by atoms with E-state index in [0.717, 1.165) is 74.5 Å². The van der Waals surface area contributed by atoms with Gasteiger partial charge in [0.1, 0.15) is 11.4 Å². The molecule has 0 aliphatic carbocycles. The van der Waals surface area contributed by atoms with Crippen LogP contribution >= 0.6 is 0 Å². The Kier molecular flexibility index (Phi) is 9.85. The molecule has 1 aliphatic rings. The highest BCUT2D eigenvalue weighted by atomic mass is 32.2. The summed E-state index contributed by atoms with van der Waals surface area (Å²) in [6, 6.07) is 3.97. The fourth-order valence-electron chi connectivity index (χ4n) is 4.76. The summed E-state index contributed by atoms with van der Waals surface area (Å²) in [6.07, 6.45) is 9.02. The third-order valence-electron chi connectivity index (χ3n) is 6.84. The first-order chi connectivity index (χ1) is 19.2. The number of hydrogen-bond donors (Lipinski definition) is 1. The van der Waals surface area contributed by atoms with Gasteiger partial charge in [-0.05, 0) is 50.3 Å². The number of benzene rings is 1. The molecule has 1 aromatic carbocycles. The largest absolute Gasteiger partial charge is 0.381 e. The van der Waals surface area contributed by atoms with Crippen molar-refractivity contribution in [3.05, 3.63) is 60.6 Å². The SMILES string of the molecule is C=C(CCCN(CCC)c1cncc(-c2cn(-c3c(F)ccc(NS(=O)(=O)CCC)c3F)nn2)c1)C1CCOC1. The first-order valence-corrected chi connectivity index (χ1v) is 15.2. The van der Waals surface area contributed by atoms with E-state index in [0.29, 0.717) is 23.6 Å². The molecule has 4 rings (SSSR count). The number of anilines is 2. The van der Waals surface area contributed by atoms with Crippen LogP contribution < -0.4 is 9.62 Å². The molecule has 40 heavy (non-hydrogen) atoms. The quantitative estimate of drug-likeness (QED) is 0.259. The highest BCUT2D eigenvalue weighted by molar-refractivity contribution is 7.92. The molecule has 0 amide bonds. The molecule has 1 fully saturated rings. The molecule has 1 saturated heterocycles. The molecule has 1 unspecified atom stereocenters. The molecule has 1 aliphatic heterocycles. The van der Waals surface area contributed by atoms with Crippen LogP contribution in [0.1, 0.15) is 46.0 Å². The van der Waals surface area contributed by atoms with E-state index < -0.39 is 27.3 Å². The number of halogens is 2. The smallest absolute Gasteiger partial charge is 0.232 e. The van der Waals surface area contributed by atoms with Gasteiger partial charge in [-0.1, -0.05) is 31.2 Å². The van der Waals surface area contributed by atoms with E-state index in [1.807, 2.05) is 6.07 Å². The number of sulfonamides is 1. The standard InChI is InChI=1S/C28H36F2N6O3S/c1-4-11-35(12-6-7-20(3)21-10-13-39-19-21)23-15-22(16-31-17-23)26-18-36(34-32-26)28-24(29)8-9-25(27(28)30)33-40(37,38)14-5-2/h8-9,15-18,21,33H,3-7,10-14,19H2,1-2H3. The van der Waals surface area contributed by atoms with Gasteiger partial charge in [-0.3, -0.25) is 9.71 Å². The summed E-state index contributed by atoms with van der Waals surface area (Å²) in [5.41, 5.74) is 2.27. The van der Waals surface area contributed by atoms with E-state index in [-0.39, 0.29) is 11.4 Å². The van der Waals surface area contributed by atoms with Crippen LogP contribution in [0.25, 0.3) is 16.9 Å². The molecule has 216 valence electrons. The summed E-state index contributed by atoms with van der Waals surface area (Å²) in [5.74, 6) is -1.73. The molecule has 2 aromatic heterocycles. The van der Waals surface area contributed by atoms with E-state index in [4.69, 9.17) is 4.74 Å². The van der Waals surface area contributed by atoms with Crippen molar-refractivity contribution >= 4 is 21.4 Å². The lowest BCUT2D eigenvalue weighted by Crippen LogP contribution is -2.25. The lowest BCUT2D eigenvalue weighted by atomic mass is 9.96. The molecule has 1 N–H and O–H groups in total. The van der Waals surface area contributed by atoms with Crippen molar-refractivity contribution in [1.29, 1.82) is 0 Å². The zero-order valence-corrected chi connectivity index (χ0v) is 23.8. The Morgan fingerprint density at radius 1 is 1.23 bits per heavy atom. The Balaban J connectivity index is 1.52. The van der Waals surface area contributed by atoms with Gasteiger partial charge in [-0.25, -0.2) is 21.9 Å². The topological polar surface area (TPSA) is 102 Å². The first kappa shape index (κ1) is 29.6. The van der Waals surface area contributed by atoms with Crippen LogP contribution in [0.2, 0.25) is 0 Å². The predicted octanol–water partition coefficient (Wildman–Crippen LogP) is 5.35. The van der Waals surface area contributed by atoms with Gasteiger partial charge < -0.3 is 9.64 Å². The summed E-state index contributed by atoms with van der Waals surface area (Å²) in [6.45, 7) is 11.3. The molecular formula is C28H36F2N6O3S. The van der Waals surface area contributed by atoms with Crippen LogP contribution in [0.5, 0.6) is 0 Å². The van der Waals surface area contributed by atoms with E-state index >= 15 is 4.39 Å². The molecule has 3 aromatic rings. The van der Waals surface area contributed by atoms with Crippen molar-refractivity contribution in [2.24, 2.45) is 5.92 Å². The number of nitrogens with zero attached hydrogens (tertiary/aromatic N) is 5. The minimum atomic E-state index is -3.77. The summed E-state index contributed by atoms with van der Waals surface area (Å²) in [4.78, 5) is 6.64. The lowest BCUT2D eigenvalue weighted by Gasteiger charge is -2.25. The van der Waals surface area contributed by atoms with Crippen molar-refractivity contribution in [1.82, 2.24) is 20.0 Å². The first-order valence-electron chi connectivity index (χ1n) is 13.6. The number of nitrogens with one attached hydrogen (secondary N) is 1. The van der Waals surface area contributed by atoms with Crippen molar-refractivity contribution in [2.75, 3.05) is 41.7 Å². The van der Waals surface area contributed by atoms with E-state index in [1.165, 1.54) is 11.8 Å². The van der Waals surface area contributed by atoms with Gasteiger partial charge in [-0.2, -0.15) is 0 Å². The maximum Gasteiger partial charge on any atom is 0.232 e. The van der Waals surface area contributed by atoms with E-state index in [2.05, 4.69) is 38.4 Å². The Bertz CT molecular complexity index is 1420. The minimum Gasteiger partial charge on any atom is -0.381 e. The molecule has 0 spiro atoms. The Morgan fingerprint density at radius 2 is 2.05 bits per heavy atom. The third-order valence-corrected chi connectivity index (χ3v) is 8.32. The number of hydrogen-bond acceptors (Lipinski definition) is 7. The van der Waals surface area contributed by atoms with Gasteiger partial charge in [0.2, 0.25) is 10.0 Å². The number of ether oxygens (including phenoxy) is 1. The second kappa shape index (κ2) is 13.3. The lowest BCUT2D eigenvalue weighted by molar-refractivity contribution is 0.190. The zero-order chi connectivity index (χ0) is 28.7. The van der Waals surface area contributed by atoms with Crippen molar-refractivity contribution in [2.45, 2.75) is 46.0 Å². The van der Waals surface area contributed by atoms with Gasteiger partial charge in [0, 0.05) is 37.4 Å². The fourth-order valence-corrected chi connectivity index (χ4v) is 5.89. The Labute approximate surface area is 234 Å².